The van der Waals surface area contributed by atoms with Gasteiger partial charge >= 0.3 is 5.97 Å². The van der Waals surface area contributed by atoms with Crippen molar-refractivity contribution in [1.82, 2.24) is 9.80 Å². The Morgan fingerprint density at radius 3 is 2.26 bits per heavy atom. The van der Waals surface area contributed by atoms with E-state index in [0.717, 1.165) is 41.5 Å². The minimum absolute atomic E-state index is 0.0183. The molecule has 47 heavy (non-hydrogen) atoms. The molecule has 0 aromatic heterocycles. The zero-order chi connectivity index (χ0) is 32.9. The van der Waals surface area contributed by atoms with Gasteiger partial charge in [-0.05, 0) is 83.3 Å². The predicted molar refractivity (Wildman–Crippen MR) is 180 cm³/mol. The van der Waals surface area contributed by atoms with Crippen molar-refractivity contribution in [3.05, 3.63) is 136 Å². The van der Waals surface area contributed by atoms with Gasteiger partial charge in [-0.3, -0.25) is 9.59 Å². The summed E-state index contributed by atoms with van der Waals surface area (Å²) in [7, 11) is 3.23. The molecule has 0 bridgehead atoms. The van der Waals surface area contributed by atoms with E-state index < -0.39 is 12.1 Å². The van der Waals surface area contributed by atoms with Crippen molar-refractivity contribution < 1.29 is 23.9 Å². The summed E-state index contributed by atoms with van der Waals surface area (Å²) in [6.07, 6.45) is 3.73. The topological polar surface area (TPSA) is 102 Å². The molecule has 8 heteroatoms. The first-order chi connectivity index (χ1) is 22.8. The Labute approximate surface area is 276 Å². The number of amides is 2. The van der Waals surface area contributed by atoms with Gasteiger partial charge in [-0.15, -0.1) is 0 Å². The summed E-state index contributed by atoms with van der Waals surface area (Å²) in [6.45, 7) is 0.688. The fourth-order valence-corrected chi connectivity index (χ4v) is 6.79. The molecule has 2 N–H and O–H groups in total. The van der Waals surface area contributed by atoms with Gasteiger partial charge in [0.2, 0.25) is 11.8 Å². The van der Waals surface area contributed by atoms with Gasteiger partial charge in [-0.25, -0.2) is 4.79 Å². The van der Waals surface area contributed by atoms with Gasteiger partial charge in [0, 0.05) is 20.0 Å². The number of hydrogen-bond donors (Lipinski definition) is 1. The van der Waals surface area contributed by atoms with Crippen molar-refractivity contribution in [1.29, 1.82) is 0 Å². The molecule has 1 heterocycles. The average molecular weight is 632 g/mol. The van der Waals surface area contributed by atoms with Crippen molar-refractivity contribution in [3.63, 3.8) is 0 Å². The third-order valence-corrected chi connectivity index (χ3v) is 9.45. The number of aryl methyl sites for hydroxylation is 1. The number of nitrogens with zero attached hydrogens (tertiary/aromatic N) is 2. The lowest BCUT2D eigenvalue weighted by atomic mass is 9.86. The maximum atomic E-state index is 14.2. The van der Waals surface area contributed by atoms with Crippen LogP contribution >= 0.6 is 0 Å². The lowest BCUT2D eigenvalue weighted by Gasteiger charge is -2.41. The van der Waals surface area contributed by atoms with E-state index in [1.165, 1.54) is 18.2 Å². The summed E-state index contributed by atoms with van der Waals surface area (Å²) in [4.78, 5) is 43.5. The number of benzene rings is 4. The Bertz CT molecular complexity index is 1740. The number of carbonyl (C=O) groups is 3. The maximum Gasteiger partial charge on any atom is 0.337 e. The fraction of sp³-hybridized carbons (Fsp3) is 0.308. The van der Waals surface area contributed by atoms with Crippen LogP contribution in [0.1, 0.15) is 62.6 Å². The molecular formula is C39H41N3O5. The highest BCUT2D eigenvalue weighted by Gasteiger charge is 2.39. The number of methoxy groups -OCH3 is 1. The molecule has 2 unspecified atom stereocenters. The number of carbonyl (C=O) groups excluding carboxylic acids is 3. The monoisotopic (exact) mass is 631 g/mol. The average Bonchev–Trinajstić information content (AvgIpc) is 3.12. The van der Waals surface area contributed by atoms with Crippen molar-refractivity contribution in [2.24, 2.45) is 5.73 Å². The van der Waals surface area contributed by atoms with E-state index in [4.69, 9.17) is 15.2 Å². The van der Waals surface area contributed by atoms with E-state index >= 15 is 0 Å². The zero-order valence-corrected chi connectivity index (χ0v) is 26.9. The first-order valence-electron chi connectivity index (χ1n) is 16.2. The molecule has 0 saturated heterocycles. The van der Waals surface area contributed by atoms with Crippen LogP contribution in [0.3, 0.4) is 0 Å². The molecular weight excluding hydrogens is 590 g/mol. The highest BCUT2D eigenvalue weighted by Crippen LogP contribution is 2.35. The van der Waals surface area contributed by atoms with Gasteiger partial charge in [0.25, 0.3) is 0 Å². The molecule has 0 radical (unpaired) electrons. The minimum atomic E-state index is -0.809. The second-order valence-electron chi connectivity index (χ2n) is 12.4. The largest absolute Gasteiger partial charge is 0.489 e. The summed E-state index contributed by atoms with van der Waals surface area (Å²) in [5.74, 6) is 0.0143. The first-order valence-corrected chi connectivity index (χ1v) is 16.2. The second-order valence-corrected chi connectivity index (χ2v) is 12.4. The van der Waals surface area contributed by atoms with Crippen LogP contribution in [0.2, 0.25) is 0 Å². The van der Waals surface area contributed by atoms with Gasteiger partial charge in [-0.2, -0.15) is 0 Å². The van der Waals surface area contributed by atoms with Crippen molar-refractivity contribution in [2.75, 3.05) is 14.2 Å². The molecule has 1 aliphatic heterocycles. The predicted octanol–water partition coefficient (Wildman–Crippen LogP) is 5.41. The van der Waals surface area contributed by atoms with Crippen LogP contribution in [0.25, 0.3) is 0 Å². The summed E-state index contributed by atoms with van der Waals surface area (Å²) < 4.78 is 10.7. The highest BCUT2D eigenvalue weighted by molar-refractivity contribution is 5.91. The minimum Gasteiger partial charge on any atom is -0.489 e. The van der Waals surface area contributed by atoms with Crippen molar-refractivity contribution in [3.8, 4) is 5.75 Å². The second kappa shape index (κ2) is 14.2. The van der Waals surface area contributed by atoms with Crippen LogP contribution in [0.15, 0.2) is 97.1 Å². The maximum absolute atomic E-state index is 14.2. The number of likely N-dealkylation sites (N-methyl/N-ethyl adjacent to an activating group) is 1. The summed E-state index contributed by atoms with van der Waals surface area (Å²) in [6, 6.07) is 29.5. The molecule has 6 rings (SSSR count). The normalized spacial score (nSPS) is 17.6. The van der Waals surface area contributed by atoms with Gasteiger partial charge in [-0.1, -0.05) is 72.8 Å². The number of nitrogens with two attached hydrogens (primary N) is 1. The van der Waals surface area contributed by atoms with E-state index in [0.29, 0.717) is 37.3 Å². The van der Waals surface area contributed by atoms with Gasteiger partial charge < -0.3 is 25.0 Å². The molecule has 4 aromatic rings. The smallest absolute Gasteiger partial charge is 0.337 e. The molecule has 1 aliphatic carbocycles. The summed E-state index contributed by atoms with van der Waals surface area (Å²) >= 11 is 0. The van der Waals surface area contributed by atoms with Crippen LogP contribution in [-0.2, 0) is 46.7 Å². The van der Waals surface area contributed by atoms with Gasteiger partial charge in [0.15, 0.2) is 0 Å². The van der Waals surface area contributed by atoms with Crippen molar-refractivity contribution in [2.45, 2.75) is 63.4 Å². The quantitative estimate of drug-likeness (QED) is 0.248. The SMILES string of the molecule is COC(=O)c1ccc(COc2ccc(C[C@H](N)C(=O)N3Cc4ccccc4CC3C(=O)N(C)C3CCCc4ccccc43)cc2)cc1. The standard InChI is InChI=1S/C39H41N3O5/c1-41(35-13-7-11-28-8-5-6-12-33(28)35)38(44)36-23-30-9-3-4-10-31(30)24-42(36)37(43)34(40)22-26-16-20-32(21-17-26)47-25-27-14-18-29(19-15-27)39(45)46-2/h3-6,8-10,12,14-21,34-36H,7,11,13,22-25,40H2,1-2H3/t34-,35?,36?/m0/s1. The number of fused-ring (bicyclic) bond motifs is 2. The lowest BCUT2D eigenvalue weighted by Crippen LogP contribution is -2.57. The van der Waals surface area contributed by atoms with Crippen LogP contribution in [0.4, 0.5) is 0 Å². The Morgan fingerprint density at radius 2 is 1.53 bits per heavy atom. The Hall–Kier alpha value is -4.95. The van der Waals surface area contributed by atoms with E-state index in [-0.39, 0.29) is 23.8 Å². The van der Waals surface area contributed by atoms with E-state index in [2.05, 4.69) is 18.2 Å². The number of hydrogen-bond acceptors (Lipinski definition) is 6. The third-order valence-electron chi connectivity index (χ3n) is 9.45. The molecule has 4 aromatic carbocycles. The van der Waals surface area contributed by atoms with E-state index in [9.17, 15) is 14.4 Å². The molecule has 0 spiro atoms. The molecule has 0 saturated carbocycles. The van der Waals surface area contributed by atoms with E-state index in [1.807, 2.05) is 78.7 Å². The lowest BCUT2D eigenvalue weighted by molar-refractivity contribution is -0.148. The van der Waals surface area contributed by atoms with E-state index in [1.54, 1.807) is 17.0 Å². The highest BCUT2D eigenvalue weighted by atomic mass is 16.5. The van der Waals surface area contributed by atoms with Gasteiger partial charge in [0.1, 0.15) is 18.4 Å². The number of ether oxygens (including phenoxy) is 2. The molecule has 2 amide bonds. The third kappa shape index (κ3) is 7.08. The van der Waals surface area contributed by atoms with Gasteiger partial charge in [0.05, 0.1) is 24.8 Å². The molecule has 0 fully saturated rings. The Balaban J connectivity index is 1.12. The molecule has 3 atom stereocenters. The van der Waals surface area contributed by atoms with Crippen molar-refractivity contribution >= 4 is 17.8 Å². The number of rotatable bonds is 9. The van der Waals surface area contributed by atoms with Crippen LogP contribution in [-0.4, -0.2) is 53.8 Å². The number of esters is 1. The van der Waals surface area contributed by atoms with Crippen LogP contribution in [0, 0.1) is 0 Å². The molecule has 2 aliphatic rings. The first kappa shape index (κ1) is 32.0. The zero-order valence-electron chi connectivity index (χ0n) is 26.9. The van der Waals surface area contributed by atoms with Crippen LogP contribution < -0.4 is 10.5 Å². The summed E-state index contributed by atoms with van der Waals surface area (Å²) in [5, 5.41) is 0. The summed E-state index contributed by atoms with van der Waals surface area (Å²) in [5.41, 5.74) is 13.5. The Kier molecular flexibility index (Phi) is 9.68. The molecule has 8 nitrogen and oxygen atoms in total. The molecule has 242 valence electrons. The van der Waals surface area contributed by atoms with Crippen LogP contribution in [0.5, 0.6) is 5.75 Å². The fourth-order valence-electron chi connectivity index (χ4n) is 6.79. The Morgan fingerprint density at radius 1 is 0.872 bits per heavy atom.